The van der Waals surface area contributed by atoms with Gasteiger partial charge in [-0.25, -0.2) is 9.97 Å². The van der Waals surface area contributed by atoms with Crippen LogP contribution in [0.25, 0.3) is 22.2 Å². The molecule has 5 heterocycles. The highest BCUT2D eigenvalue weighted by Crippen LogP contribution is 2.36. The minimum absolute atomic E-state index is 0.0711. The van der Waals surface area contributed by atoms with Crippen LogP contribution in [0.4, 0.5) is 23.0 Å². The molecule has 0 spiro atoms. The lowest BCUT2D eigenvalue weighted by Gasteiger charge is -2.38. The summed E-state index contributed by atoms with van der Waals surface area (Å²) in [4.78, 5) is 81.4. The maximum Gasteiger partial charge on any atom is 0.264 e. The number of rotatable bonds is 15. The predicted molar refractivity (Wildman–Crippen MR) is 233 cm³/mol. The number of hydrogen-bond acceptors (Lipinski definition) is 11. The van der Waals surface area contributed by atoms with Crippen LogP contribution in [0.1, 0.15) is 78.5 Å². The van der Waals surface area contributed by atoms with Crippen molar-refractivity contribution in [3.05, 3.63) is 89.2 Å². The summed E-state index contributed by atoms with van der Waals surface area (Å²) >= 11 is 6.56. The second-order valence-corrected chi connectivity index (χ2v) is 16.0. The molecule has 5 aromatic rings. The van der Waals surface area contributed by atoms with E-state index in [0.29, 0.717) is 41.1 Å². The zero-order valence-corrected chi connectivity index (χ0v) is 34.9. The maximum atomic E-state index is 13.3. The van der Waals surface area contributed by atoms with E-state index >= 15 is 0 Å². The molecule has 2 saturated heterocycles. The number of para-hydroxylation sites is 1. The highest BCUT2D eigenvalue weighted by molar-refractivity contribution is 6.33. The average Bonchev–Trinajstić information content (AvgIpc) is 3.81. The van der Waals surface area contributed by atoms with Gasteiger partial charge in [0.15, 0.2) is 0 Å². The topological polar surface area (TPSA) is 182 Å². The highest BCUT2D eigenvalue weighted by Gasteiger charge is 2.45. The van der Waals surface area contributed by atoms with Crippen molar-refractivity contribution >= 4 is 75.1 Å². The zero-order chi connectivity index (χ0) is 42.6. The molecule has 2 fully saturated rings. The average molecular weight is 846 g/mol. The number of nitrogens with one attached hydrogen (secondary N) is 4. The Bertz CT molecular complexity index is 2500. The summed E-state index contributed by atoms with van der Waals surface area (Å²) in [6.45, 7) is 2.19. The van der Waals surface area contributed by atoms with Crippen molar-refractivity contribution in [1.82, 2.24) is 30.1 Å². The highest BCUT2D eigenvalue weighted by atomic mass is 35.5. The number of ether oxygens (including phenoxy) is 1. The van der Waals surface area contributed by atoms with E-state index in [0.717, 1.165) is 84.4 Å². The van der Waals surface area contributed by atoms with Crippen LogP contribution in [-0.2, 0) is 14.4 Å². The number of carbonyl (C=O) groups is 5. The summed E-state index contributed by atoms with van der Waals surface area (Å²) in [6.07, 6.45) is 9.24. The number of unbranched alkanes of at least 4 members (excludes halogenated alkanes) is 3. The summed E-state index contributed by atoms with van der Waals surface area (Å²) < 4.78 is 5.79. The number of hydrogen-bond donors (Lipinski definition) is 4. The van der Waals surface area contributed by atoms with Gasteiger partial charge in [0.1, 0.15) is 11.8 Å². The minimum atomic E-state index is -1.00. The number of imide groups is 2. The van der Waals surface area contributed by atoms with Crippen LogP contribution in [-0.4, -0.2) is 100 Å². The lowest BCUT2D eigenvalue weighted by Crippen LogP contribution is -2.54. The van der Waals surface area contributed by atoms with E-state index in [9.17, 15) is 24.0 Å². The van der Waals surface area contributed by atoms with Gasteiger partial charge in [-0.2, -0.15) is 0 Å². The number of carbonyl (C=O) groups excluding carboxylic acids is 5. The quantitative estimate of drug-likeness (QED) is 0.0634. The molecule has 0 aliphatic carbocycles. The standard InChI is InChI=1S/C45H48ClN9O6/c1-53(39(57)14-5-3-4-8-21-47-35-13-9-11-30-40(35)44(60)55(43(30)59)36-17-18-38(56)51-42(36)58)27-19-22-54(23-20-27)28-15-16-34(37(24-28)61-2)50-45-49-26-32(46)41(52-45)31-25-48-33-12-7-6-10-29(31)33/h6-7,9-13,15-16,24-27,36,47-48H,3-5,8,14,17-23H2,1-2H3,(H,49,50,52)(H,51,56,58). The number of aromatic amines is 1. The molecule has 16 heteroatoms. The molecular weight excluding hydrogens is 798 g/mol. The van der Waals surface area contributed by atoms with E-state index in [2.05, 4.69) is 36.9 Å². The van der Waals surface area contributed by atoms with Crippen LogP contribution in [0.2, 0.25) is 5.02 Å². The number of H-pyrrole nitrogens is 1. The molecule has 1 unspecified atom stereocenters. The molecular formula is C45H48ClN9O6. The minimum Gasteiger partial charge on any atom is -0.494 e. The smallest absolute Gasteiger partial charge is 0.264 e. The van der Waals surface area contributed by atoms with Crippen LogP contribution in [0.15, 0.2) is 73.1 Å². The van der Waals surface area contributed by atoms with Crippen LogP contribution >= 0.6 is 11.6 Å². The van der Waals surface area contributed by atoms with E-state index < -0.39 is 29.7 Å². The number of fused-ring (bicyclic) bond motifs is 2. The first-order valence-electron chi connectivity index (χ1n) is 20.7. The molecule has 61 heavy (non-hydrogen) atoms. The molecule has 15 nitrogen and oxygen atoms in total. The first-order chi connectivity index (χ1) is 29.6. The van der Waals surface area contributed by atoms with E-state index in [1.807, 2.05) is 54.5 Å². The van der Waals surface area contributed by atoms with Crippen LogP contribution in [0.3, 0.4) is 0 Å². The third kappa shape index (κ3) is 8.60. The fourth-order valence-electron chi connectivity index (χ4n) is 8.52. The first kappa shape index (κ1) is 41.3. The molecule has 0 saturated carbocycles. The third-order valence-corrected chi connectivity index (χ3v) is 12.2. The summed E-state index contributed by atoms with van der Waals surface area (Å²) in [5.74, 6) is -0.898. The van der Waals surface area contributed by atoms with Crippen molar-refractivity contribution in [1.29, 1.82) is 0 Å². The van der Waals surface area contributed by atoms with Gasteiger partial charge in [0.05, 0.1) is 40.8 Å². The molecule has 8 rings (SSSR count). The SMILES string of the molecule is COc1cc(N2CCC(N(C)C(=O)CCCCCCNc3cccc4c3C(=O)N(C3CCC(=O)NC3=O)C4=O)CC2)ccc1Nc1ncc(Cl)c(-c2c[nH]c3ccccc23)n1. The fraction of sp³-hybridized carbons (Fsp3) is 0.356. The van der Waals surface area contributed by atoms with Crippen LogP contribution in [0.5, 0.6) is 5.75 Å². The number of amides is 5. The number of benzene rings is 3. The molecule has 3 aromatic carbocycles. The van der Waals surface area contributed by atoms with Gasteiger partial charge in [0.2, 0.25) is 23.7 Å². The third-order valence-electron chi connectivity index (χ3n) is 11.9. The first-order valence-corrected chi connectivity index (χ1v) is 21.1. The number of methoxy groups -OCH3 is 1. The van der Waals surface area contributed by atoms with E-state index in [4.69, 9.17) is 21.3 Å². The molecule has 0 radical (unpaired) electrons. The van der Waals surface area contributed by atoms with Crippen molar-refractivity contribution in [3.63, 3.8) is 0 Å². The fourth-order valence-corrected chi connectivity index (χ4v) is 8.71. The Labute approximate surface area is 358 Å². The molecule has 3 aliphatic heterocycles. The van der Waals surface area contributed by atoms with Gasteiger partial charge in [0.25, 0.3) is 11.8 Å². The summed E-state index contributed by atoms with van der Waals surface area (Å²) in [5, 5.41) is 10.3. The molecule has 3 aliphatic rings. The molecule has 2 aromatic heterocycles. The Kier molecular flexibility index (Phi) is 12.2. The lowest BCUT2D eigenvalue weighted by atomic mass is 10.0. The van der Waals surface area contributed by atoms with Gasteiger partial charge in [-0.05, 0) is 62.4 Å². The van der Waals surface area contributed by atoms with Crippen molar-refractivity contribution < 1.29 is 28.7 Å². The van der Waals surface area contributed by atoms with Crippen LogP contribution in [0, 0.1) is 0 Å². The number of piperidine rings is 2. The van der Waals surface area contributed by atoms with E-state index in [1.165, 1.54) is 0 Å². The number of aromatic nitrogens is 3. The summed E-state index contributed by atoms with van der Waals surface area (Å²) in [5.41, 5.74) is 5.32. The number of anilines is 4. The van der Waals surface area contributed by atoms with Crippen molar-refractivity contribution in [2.45, 2.75) is 69.9 Å². The van der Waals surface area contributed by atoms with Crippen molar-refractivity contribution in [2.75, 3.05) is 49.3 Å². The van der Waals surface area contributed by atoms with Crippen molar-refractivity contribution in [3.8, 4) is 17.0 Å². The Hall–Kier alpha value is -6.48. The molecule has 1 atom stereocenters. The predicted octanol–water partition coefficient (Wildman–Crippen LogP) is 6.92. The Balaban J connectivity index is 0.767. The van der Waals surface area contributed by atoms with Gasteiger partial charge in [-0.1, -0.05) is 48.7 Å². The van der Waals surface area contributed by atoms with Gasteiger partial charge in [-0.15, -0.1) is 0 Å². The Morgan fingerprint density at radius 2 is 1.74 bits per heavy atom. The molecule has 4 N–H and O–H groups in total. The van der Waals surface area contributed by atoms with Crippen molar-refractivity contribution in [2.24, 2.45) is 0 Å². The van der Waals surface area contributed by atoms with Gasteiger partial charge >= 0.3 is 0 Å². The number of halogens is 1. The van der Waals surface area contributed by atoms with Gasteiger partial charge in [0, 0.05) is 85.7 Å². The second kappa shape index (κ2) is 18.0. The summed E-state index contributed by atoms with van der Waals surface area (Å²) in [6, 6.07) is 18.2. The summed E-state index contributed by atoms with van der Waals surface area (Å²) in [7, 11) is 3.54. The molecule has 316 valence electrons. The second-order valence-electron chi connectivity index (χ2n) is 15.6. The molecule has 0 bridgehead atoms. The van der Waals surface area contributed by atoms with E-state index in [-0.39, 0.29) is 35.9 Å². The lowest BCUT2D eigenvalue weighted by molar-refractivity contribution is -0.136. The van der Waals surface area contributed by atoms with Crippen LogP contribution < -0.4 is 25.6 Å². The maximum absolute atomic E-state index is 13.3. The van der Waals surface area contributed by atoms with Gasteiger partial charge in [-0.3, -0.25) is 34.2 Å². The van der Waals surface area contributed by atoms with E-state index in [1.54, 1.807) is 31.5 Å². The van der Waals surface area contributed by atoms with Gasteiger partial charge < -0.3 is 30.2 Å². The molecule has 5 amide bonds. The Morgan fingerprint density at radius 3 is 2.54 bits per heavy atom. The normalized spacial score (nSPS) is 16.8. The zero-order valence-electron chi connectivity index (χ0n) is 34.1. The monoisotopic (exact) mass is 845 g/mol. The number of nitrogens with zero attached hydrogens (tertiary/aromatic N) is 5. The largest absolute Gasteiger partial charge is 0.494 e. The Morgan fingerprint density at radius 1 is 0.934 bits per heavy atom.